The summed E-state index contributed by atoms with van der Waals surface area (Å²) in [5, 5.41) is 18.8. The Morgan fingerprint density at radius 2 is 2.04 bits per heavy atom. The van der Waals surface area contributed by atoms with E-state index in [-0.39, 0.29) is 5.92 Å². The number of anilines is 1. The van der Waals surface area contributed by atoms with Crippen molar-refractivity contribution in [3.8, 4) is 11.5 Å². The molecule has 128 valence electrons. The van der Waals surface area contributed by atoms with Gasteiger partial charge in [-0.05, 0) is 30.2 Å². The van der Waals surface area contributed by atoms with Crippen LogP contribution >= 0.6 is 0 Å². The second-order valence-electron chi connectivity index (χ2n) is 6.47. The van der Waals surface area contributed by atoms with Crippen LogP contribution in [-0.4, -0.2) is 32.4 Å². The Hall–Kier alpha value is -2.86. The third-order valence-electron chi connectivity index (χ3n) is 4.30. The van der Waals surface area contributed by atoms with E-state index in [9.17, 15) is 5.11 Å². The normalized spacial score (nSPS) is 13.0. The molecule has 0 saturated carbocycles. The maximum absolute atomic E-state index is 9.95. The molecule has 1 aromatic carbocycles. The number of para-hydroxylation sites is 1. The Bertz CT molecular complexity index is 986. The zero-order valence-corrected chi connectivity index (χ0v) is 14.2. The highest BCUT2D eigenvalue weighted by atomic mass is 16.3. The quantitative estimate of drug-likeness (QED) is 0.583. The van der Waals surface area contributed by atoms with E-state index in [4.69, 9.17) is 4.42 Å². The highest BCUT2D eigenvalue weighted by Crippen LogP contribution is 2.28. The van der Waals surface area contributed by atoms with Crippen molar-refractivity contribution in [3.63, 3.8) is 0 Å². The van der Waals surface area contributed by atoms with E-state index in [0.29, 0.717) is 12.4 Å². The smallest absolute Gasteiger partial charge is 0.155 e. The number of aliphatic hydroxyl groups excluding tert-OH is 1. The van der Waals surface area contributed by atoms with Gasteiger partial charge in [0, 0.05) is 11.9 Å². The molecule has 0 saturated heterocycles. The molecule has 0 spiro atoms. The molecular formula is C19H20N4O2. The Morgan fingerprint density at radius 1 is 1.20 bits per heavy atom. The molecule has 0 bridgehead atoms. The van der Waals surface area contributed by atoms with Crippen LogP contribution in [0.1, 0.15) is 13.8 Å². The van der Waals surface area contributed by atoms with Crippen LogP contribution < -0.4 is 5.32 Å². The number of benzene rings is 1. The van der Waals surface area contributed by atoms with Crippen molar-refractivity contribution >= 4 is 22.4 Å². The molecule has 6 nitrogen and oxygen atoms in total. The minimum absolute atomic E-state index is 0.190. The summed E-state index contributed by atoms with van der Waals surface area (Å²) in [5.74, 6) is 1.60. The lowest BCUT2D eigenvalue weighted by Crippen LogP contribution is -2.25. The zero-order valence-electron chi connectivity index (χ0n) is 14.2. The topological polar surface area (TPSA) is 75.6 Å². The number of imidazole rings is 1. The van der Waals surface area contributed by atoms with Gasteiger partial charge in [-0.15, -0.1) is 5.10 Å². The summed E-state index contributed by atoms with van der Waals surface area (Å²) >= 11 is 0. The van der Waals surface area contributed by atoms with Gasteiger partial charge in [0.05, 0.1) is 12.3 Å². The lowest BCUT2D eigenvalue weighted by atomic mass is 10.1. The summed E-state index contributed by atoms with van der Waals surface area (Å²) in [6.45, 7) is 4.42. The molecule has 1 unspecified atom stereocenters. The van der Waals surface area contributed by atoms with E-state index < -0.39 is 6.10 Å². The van der Waals surface area contributed by atoms with Crippen molar-refractivity contribution in [3.05, 3.63) is 48.7 Å². The number of furan rings is 1. The second-order valence-corrected chi connectivity index (χ2v) is 6.47. The highest BCUT2D eigenvalue weighted by molar-refractivity contribution is 5.82. The largest absolute Gasteiger partial charge is 0.454 e. The minimum Gasteiger partial charge on any atom is -0.454 e. The van der Waals surface area contributed by atoms with E-state index in [1.165, 1.54) is 0 Å². The van der Waals surface area contributed by atoms with Gasteiger partial charge in [-0.3, -0.25) is 0 Å². The number of rotatable bonds is 5. The highest BCUT2D eigenvalue weighted by Gasteiger charge is 2.13. The molecule has 25 heavy (non-hydrogen) atoms. The van der Waals surface area contributed by atoms with Gasteiger partial charge in [0.1, 0.15) is 17.1 Å². The summed E-state index contributed by atoms with van der Waals surface area (Å²) in [6.07, 6.45) is 1.34. The van der Waals surface area contributed by atoms with Crippen LogP contribution in [0.4, 0.5) is 5.82 Å². The number of nitrogens with zero attached hydrogens (tertiary/aromatic N) is 3. The number of hydrogen-bond donors (Lipinski definition) is 2. The van der Waals surface area contributed by atoms with Crippen molar-refractivity contribution in [1.29, 1.82) is 0 Å². The molecular weight excluding hydrogens is 316 g/mol. The standard InChI is InChI=1S/C19H20N4O2/c1-12(2)15(24)11-20-18-7-8-19-21-10-14(23(19)22-18)17-9-13-5-3-4-6-16(13)25-17/h3-10,12,15,24H,11H2,1-2H3,(H,20,22). The molecule has 4 rings (SSSR count). The van der Waals surface area contributed by atoms with Crippen LogP contribution in [0.2, 0.25) is 0 Å². The van der Waals surface area contributed by atoms with Crippen molar-refractivity contribution < 1.29 is 9.52 Å². The van der Waals surface area contributed by atoms with Crippen LogP contribution in [0.15, 0.2) is 53.1 Å². The van der Waals surface area contributed by atoms with Crippen molar-refractivity contribution in [1.82, 2.24) is 14.6 Å². The fraction of sp³-hybridized carbons (Fsp3) is 0.263. The summed E-state index contributed by atoms with van der Waals surface area (Å²) in [6, 6.07) is 13.6. The molecule has 3 aromatic heterocycles. The van der Waals surface area contributed by atoms with Crippen LogP contribution in [-0.2, 0) is 0 Å². The average molecular weight is 336 g/mol. The van der Waals surface area contributed by atoms with Gasteiger partial charge in [0.25, 0.3) is 0 Å². The molecule has 6 heteroatoms. The first-order chi connectivity index (χ1) is 12.1. The predicted octanol–water partition coefficient (Wildman–Crippen LogP) is 3.57. The third-order valence-corrected chi connectivity index (χ3v) is 4.30. The van der Waals surface area contributed by atoms with Crippen molar-refractivity contribution in [2.45, 2.75) is 20.0 Å². The Morgan fingerprint density at radius 3 is 2.84 bits per heavy atom. The third kappa shape index (κ3) is 2.96. The lowest BCUT2D eigenvalue weighted by molar-refractivity contribution is 0.138. The Balaban J connectivity index is 1.68. The second kappa shape index (κ2) is 6.22. The van der Waals surface area contributed by atoms with Crippen molar-refractivity contribution in [2.75, 3.05) is 11.9 Å². The summed E-state index contributed by atoms with van der Waals surface area (Å²) in [4.78, 5) is 4.39. The van der Waals surface area contributed by atoms with Crippen LogP contribution in [0.5, 0.6) is 0 Å². The average Bonchev–Trinajstić information content (AvgIpc) is 3.22. The molecule has 0 fully saturated rings. The van der Waals surface area contributed by atoms with Gasteiger partial charge in [-0.25, -0.2) is 9.50 Å². The van der Waals surface area contributed by atoms with E-state index in [2.05, 4.69) is 15.4 Å². The Labute approximate surface area is 145 Å². The SMILES string of the molecule is CC(C)C(O)CNc1ccc2ncc(-c3cc4ccccc4o3)n2n1. The van der Waals surface area contributed by atoms with Crippen molar-refractivity contribution in [2.24, 2.45) is 5.92 Å². The minimum atomic E-state index is -0.421. The molecule has 0 aliphatic rings. The van der Waals surface area contributed by atoms with Gasteiger partial charge >= 0.3 is 0 Å². The predicted molar refractivity (Wildman–Crippen MR) is 97.5 cm³/mol. The molecule has 2 N–H and O–H groups in total. The van der Waals surface area contributed by atoms with Crippen LogP contribution in [0.25, 0.3) is 28.1 Å². The fourth-order valence-electron chi connectivity index (χ4n) is 2.69. The monoisotopic (exact) mass is 336 g/mol. The molecule has 0 radical (unpaired) electrons. The number of aliphatic hydroxyl groups is 1. The molecule has 0 aliphatic carbocycles. The van der Waals surface area contributed by atoms with Gasteiger partial charge in [-0.1, -0.05) is 32.0 Å². The van der Waals surface area contributed by atoms with Gasteiger partial charge in [0.15, 0.2) is 11.4 Å². The summed E-state index contributed by atoms with van der Waals surface area (Å²) < 4.78 is 7.68. The van der Waals surface area contributed by atoms with E-state index >= 15 is 0 Å². The first-order valence-electron chi connectivity index (χ1n) is 8.37. The Kier molecular flexibility index (Phi) is 3.89. The van der Waals surface area contributed by atoms with Gasteiger partial charge in [0.2, 0.25) is 0 Å². The first-order valence-corrected chi connectivity index (χ1v) is 8.37. The van der Waals surface area contributed by atoms with E-state index in [0.717, 1.165) is 28.1 Å². The van der Waals surface area contributed by atoms with E-state index in [1.54, 1.807) is 10.7 Å². The van der Waals surface area contributed by atoms with Gasteiger partial charge < -0.3 is 14.8 Å². The zero-order chi connectivity index (χ0) is 17.4. The fourth-order valence-corrected chi connectivity index (χ4v) is 2.69. The van der Waals surface area contributed by atoms with Gasteiger partial charge in [-0.2, -0.15) is 0 Å². The molecule has 0 amide bonds. The van der Waals surface area contributed by atoms with Crippen LogP contribution in [0.3, 0.4) is 0 Å². The summed E-state index contributed by atoms with van der Waals surface area (Å²) in [5.41, 5.74) is 2.37. The van der Waals surface area contributed by atoms with Crippen LogP contribution in [0, 0.1) is 5.92 Å². The number of nitrogens with one attached hydrogen (secondary N) is 1. The molecule has 1 atom stereocenters. The number of fused-ring (bicyclic) bond motifs is 2. The first kappa shape index (κ1) is 15.7. The van der Waals surface area contributed by atoms with E-state index in [1.807, 2.05) is 56.3 Å². The maximum Gasteiger partial charge on any atom is 0.155 e. The molecule has 0 aliphatic heterocycles. The molecule has 4 aromatic rings. The lowest BCUT2D eigenvalue weighted by Gasteiger charge is -2.15. The summed E-state index contributed by atoms with van der Waals surface area (Å²) in [7, 11) is 0. The maximum atomic E-state index is 9.95. The number of aromatic nitrogens is 3. The number of hydrogen-bond acceptors (Lipinski definition) is 5. The molecule has 3 heterocycles.